The lowest BCUT2D eigenvalue weighted by molar-refractivity contribution is 0.0935. The van der Waals surface area contributed by atoms with Gasteiger partial charge in [0, 0.05) is 0 Å². The molecule has 0 aromatic heterocycles. The number of amides is 1. The summed E-state index contributed by atoms with van der Waals surface area (Å²) in [6, 6.07) is 15.5. The Labute approximate surface area is 154 Å². The summed E-state index contributed by atoms with van der Waals surface area (Å²) in [5.41, 5.74) is 2.72. The van der Waals surface area contributed by atoms with Crippen molar-refractivity contribution in [3.8, 4) is 11.5 Å². The Morgan fingerprint density at radius 3 is 2.44 bits per heavy atom. The molecule has 1 aliphatic rings. The number of carbonyl (C=O) groups excluding carboxylic acids is 1. The number of para-hydroxylation sites is 2. The first kappa shape index (κ1) is 17.0. The van der Waals surface area contributed by atoms with Gasteiger partial charge in [0.15, 0.2) is 23.1 Å². The Morgan fingerprint density at radius 2 is 1.67 bits per heavy atom. The number of hydrogen-bond acceptors (Lipinski definition) is 3. The van der Waals surface area contributed by atoms with Crippen molar-refractivity contribution in [2.24, 2.45) is 0 Å². The van der Waals surface area contributed by atoms with E-state index < -0.39 is 17.8 Å². The lowest BCUT2D eigenvalue weighted by Gasteiger charge is -2.29. The number of carbonyl (C=O) groups is 1. The highest BCUT2D eigenvalue weighted by molar-refractivity contribution is 6.02. The zero-order chi connectivity index (χ0) is 19.0. The van der Waals surface area contributed by atoms with E-state index in [0.29, 0.717) is 11.1 Å². The number of aryl methyl sites for hydroxylation is 1. The SMILES string of the molecule is Cc1cccc2c1N[C@@H](c1ccc(Oc3ccccc3F)c(F)c1)NC2=O. The van der Waals surface area contributed by atoms with Gasteiger partial charge in [-0.25, -0.2) is 8.78 Å². The molecule has 0 radical (unpaired) electrons. The third-order valence-corrected chi connectivity index (χ3v) is 4.43. The van der Waals surface area contributed by atoms with Crippen LogP contribution in [-0.4, -0.2) is 5.91 Å². The molecule has 0 fully saturated rings. The fourth-order valence-electron chi connectivity index (χ4n) is 3.03. The van der Waals surface area contributed by atoms with Gasteiger partial charge >= 0.3 is 0 Å². The van der Waals surface area contributed by atoms with E-state index in [9.17, 15) is 13.6 Å². The Kier molecular flexibility index (Phi) is 4.24. The molecule has 136 valence electrons. The first-order valence-electron chi connectivity index (χ1n) is 8.42. The minimum absolute atomic E-state index is 0.0576. The van der Waals surface area contributed by atoms with Gasteiger partial charge in [0.1, 0.15) is 6.17 Å². The lowest BCUT2D eigenvalue weighted by atomic mass is 10.0. The van der Waals surface area contributed by atoms with Gasteiger partial charge in [-0.15, -0.1) is 0 Å². The molecule has 2 N–H and O–H groups in total. The van der Waals surface area contributed by atoms with Crippen LogP contribution in [-0.2, 0) is 0 Å². The van der Waals surface area contributed by atoms with Gasteiger partial charge < -0.3 is 15.4 Å². The third-order valence-electron chi connectivity index (χ3n) is 4.43. The van der Waals surface area contributed by atoms with E-state index in [1.165, 1.54) is 30.3 Å². The summed E-state index contributed by atoms with van der Waals surface area (Å²) < 4.78 is 33.5. The average Bonchev–Trinajstić information content (AvgIpc) is 2.66. The molecular formula is C21H16F2N2O2. The number of hydrogen-bond donors (Lipinski definition) is 2. The summed E-state index contributed by atoms with van der Waals surface area (Å²) in [5.74, 6) is -1.61. The fourth-order valence-corrected chi connectivity index (χ4v) is 3.03. The number of halogens is 2. The summed E-state index contributed by atoms with van der Waals surface area (Å²) in [5, 5.41) is 6.02. The van der Waals surface area contributed by atoms with Crippen LogP contribution in [0.15, 0.2) is 60.7 Å². The molecule has 1 aliphatic heterocycles. The first-order valence-corrected chi connectivity index (χ1v) is 8.42. The van der Waals surface area contributed by atoms with Crippen molar-refractivity contribution in [3.05, 3.63) is 89.0 Å². The van der Waals surface area contributed by atoms with Crippen LogP contribution in [0.5, 0.6) is 11.5 Å². The molecule has 1 amide bonds. The smallest absolute Gasteiger partial charge is 0.255 e. The maximum atomic E-state index is 14.5. The fraction of sp³-hybridized carbons (Fsp3) is 0.0952. The molecule has 0 spiro atoms. The van der Waals surface area contributed by atoms with Crippen LogP contribution >= 0.6 is 0 Å². The van der Waals surface area contributed by atoms with Crippen molar-refractivity contribution in [3.63, 3.8) is 0 Å². The highest BCUT2D eigenvalue weighted by atomic mass is 19.1. The van der Waals surface area contributed by atoms with E-state index in [2.05, 4.69) is 10.6 Å². The molecule has 1 heterocycles. The number of rotatable bonds is 3. The number of benzene rings is 3. The van der Waals surface area contributed by atoms with Gasteiger partial charge in [0.2, 0.25) is 0 Å². The number of anilines is 1. The molecule has 0 saturated heterocycles. The second-order valence-corrected chi connectivity index (χ2v) is 6.27. The normalized spacial score (nSPS) is 15.5. The predicted molar refractivity (Wildman–Crippen MR) is 97.9 cm³/mol. The molecule has 3 aromatic rings. The predicted octanol–water partition coefficient (Wildman–Crippen LogP) is 4.92. The van der Waals surface area contributed by atoms with E-state index in [1.807, 2.05) is 19.1 Å². The number of ether oxygens (including phenoxy) is 1. The summed E-state index contributed by atoms with van der Waals surface area (Å²) in [6.07, 6.45) is -0.580. The maximum absolute atomic E-state index is 14.5. The highest BCUT2D eigenvalue weighted by Gasteiger charge is 2.26. The molecule has 0 aliphatic carbocycles. The molecule has 3 aromatic carbocycles. The van der Waals surface area contributed by atoms with Gasteiger partial charge in [-0.3, -0.25) is 4.79 Å². The highest BCUT2D eigenvalue weighted by Crippen LogP contribution is 2.32. The van der Waals surface area contributed by atoms with Crippen molar-refractivity contribution in [1.29, 1.82) is 0 Å². The maximum Gasteiger partial charge on any atom is 0.255 e. The first-order chi connectivity index (χ1) is 13.0. The Bertz CT molecular complexity index is 1040. The van der Waals surface area contributed by atoms with E-state index in [1.54, 1.807) is 18.2 Å². The van der Waals surface area contributed by atoms with Gasteiger partial charge in [0.05, 0.1) is 11.3 Å². The van der Waals surface area contributed by atoms with Gasteiger partial charge in [-0.2, -0.15) is 0 Å². The molecule has 0 unspecified atom stereocenters. The second kappa shape index (κ2) is 6.72. The average molecular weight is 366 g/mol. The van der Waals surface area contributed by atoms with Crippen LogP contribution in [0.1, 0.15) is 27.7 Å². The Balaban J connectivity index is 1.61. The van der Waals surface area contributed by atoms with Crippen molar-refractivity contribution in [2.45, 2.75) is 13.1 Å². The zero-order valence-electron chi connectivity index (χ0n) is 14.4. The topological polar surface area (TPSA) is 50.4 Å². The Hall–Kier alpha value is -3.41. The molecule has 0 bridgehead atoms. The molecular weight excluding hydrogens is 350 g/mol. The summed E-state index contributed by atoms with van der Waals surface area (Å²) in [4.78, 5) is 12.3. The van der Waals surface area contributed by atoms with Crippen LogP contribution in [0.25, 0.3) is 0 Å². The monoisotopic (exact) mass is 366 g/mol. The largest absolute Gasteiger partial charge is 0.451 e. The van der Waals surface area contributed by atoms with E-state index in [-0.39, 0.29) is 17.4 Å². The van der Waals surface area contributed by atoms with Crippen LogP contribution in [0.2, 0.25) is 0 Å². The molecule has 27 heavy (non-hydrogen) atoms. The molecule has 1 atom stereocenters. The third kappa shape index (κ3) is 3.21. The van der Waals surface area contributed by atoms with E-state index in [0.717, 1.165) is 11.3 Å². The van der Waals surface area contributed by atoms with Crippen LogP contribution < -0.4 is 15.4 Å². The van der Waals surface area contributed by atoms with Crippen molar-refractivity contribution in [1.82, 2.24) is 5.32 Å². The Morgan fingerprint density at radius 1 is 0.889 bits per heavy atom. The molecule has 0 saturated carbocycles. The van der Waals surface area contributed by atoms with Gasteiger partial charge in [-0.05, 0) is 48.4 Å². The lowest BCUT2D eigenvalue weighted by Crippen LogP contribution is -2.38. The van der Waals surface area contributed by atoms with Crippen molar-refractivity contribution < 1.29 is 18.3 Å². The molecule has 4 nitrogen and oxygen atoms in total. The van der Waals surface area contributed by atoms with E-state index >= 15 is 0 Å². The van der Waals surface area contributed by atoms with Crippen molar-refractivity contribution >= 4 is 11.6 Å². The van der Waals surface area contributed by atoms with Crippen LogP contribution in [0.3, 0.4) is 0 Å². The summed E-state index contributed by atoms with van der Waals surface area (Å²) in [6.45, 7) is 1.90. The number of fused-ring (bicyclic) bond motifs is 1. The minimum atomic E-state index is -0.651. The van der Waals surface area contributed by atoms with E-state index in [4.69, 9.17) is 4.74 Å². The standard InChI is InChI=1S/C21H16F2N2O2/c1-12-5-4-6-14-19(12)24-20(25-21(14)26)13-9-10-18(16(23)11-13)27-17-8-3-2-7-15(17)22/h2-11,20,24H,1H3,(H,25,26)/t20-/m1/s1. The summed E-state index contributed by atoms with van der Waals surface area (Å²) in [7, 11) is 0. The van der Waals surface area contributed by atoms with Gasteiger partial charge in [0.25, 0.3) is 5.91 Å². The second-order valence-electron chi connectivity index (χ2n) is 6.27. The minimum Gasteiger partial charge on any atom is -0.451 e. The quantitative estimate of drug-likeness (QED) is 0.692. The zero-order valence-corrected chi connectivity index (χ0v) is 14.4. The van der Waals surface area contributed by atoms with Crippen LogP contribution in [0.4, 0.5) is 14.5 Å². The van der Waals surface area contributed by atoms with Crippen molar-refractivity contribution in [2.75, 3.05) is 5.32 Å². The number of nitrogens with one attached hydrogen (secondary N) is 2. The van der Waals surface area contributed by atoms with Crippen LogP contribution in [0, 0.1) is 18.6 Å². The molecule has 6 heteroatoms. The molecule has 4 rings (SSSR count). The summed E-state index contributed by atoms with van der Waals surface area (Å²) >= 11 is 0. The van der Waals surface area contributed by atoms with Gasteiger partial charge in [-0.1, -0.05) is 30.3 Å².